The number of carbonyl (C=O) groups is 2. The molecule has 0 bridgehead atoms. The Bertz CT molecular complexity index is 660. The van der Waals surface area contributed by atoms with Gasteiger partial charge in [0.05, 0.1) is 11.1 Å². The lowest BCUT2D eigenvalue weighted by molar-refractivity contribution is 0.0397. The van der Waals surface area contributed by atoms with Crippen LogP contribution in [0.3, 0.4) is 0 Å². The summed E-state index contributed by atoms with van der Waals surface area (Å²) in [7, 11) is 0. The minimum absolute atomic E-state index is 0.368. The van der Waals surface area contributed by atoms with E-state index in [-0.39, 0.29) is 0 Å². The van der Waals surface area contributed by atoms with Crippen LogP contribution in [0.4, 0.5) is 0 Å². The number of aryl methyl sites for hydroxylation is 2. The van der Waals surface area contributed by atoms with Crippen LogP contribution in [0.25, 0.3) is 0 Å². The Kier molecular flexibility index (Phi) is 5.48. The molecule has 0 unspecified atom stereocenters. The third-order valence-corrected chi connectivity index (χ3v) is 3.57. The number of rotatable bonds is 5. The molecule has 0 saturated carbocycles. The Morgan fingerprint density at radius 3 is 2.27 bits per heavy atom. The van der Waals surface area contributed by atoms with E-state index < -0.39 is 11.9 Å². The molecular formula is C19H20O3. The molecule has 0 aliphatic heterocycles. The third kappa shape index (κ3) is 4.04. The van der Waals surface area contributed by atoms with Crippen LogP contribution >= 0.6 is 0 Å². The van der Waals surface area contributed by atoms with Crippen molar-refractivity contribution in [3.63, 3.8) is 0 Å². The van der Waals surface area contributed by atoms with Gasteiger partial charge in [0.15, 0.2) is 0 Å². The predicted octanol–water partition coefficient (Wildman–Crippen LogP) is 4.33. The van der Waals surface area contributed by atoms with Crippen molar-refractivity contribution in [2.75, 3.05) is 0 Å². The second kappa shape index (κ2) is 7.55. The predicted molar refractivity (Wildman–Crippen MR) is 86.0 cm³/mol. The van der Waals surface area contributed by atoms with Crippen LogP contribution in [0.1, 0.15) is 51.6 Å². The normalized spacial score (nSPS) is 10.3. The zero-order chi connectivity index (χ0) is 15.9. The van der Waals surface area contributed by atoms with Gasteiger partial charge in [0.1, 0.15) is 0 Å². The molecule has 3 nitrogen and oxygen atoms in total. The topological polar surface area (TPSA) is 43.4 Å². The van der Waals surface area contributed by atoms with Crippen LogP contribution < -0.4 is 0 Å². The van der Waals surface area contributed by atoms with Gasteiger partial charge >= 0.3 is 11.9 Å². The highest BCUT2D eigenvalue weighted by Crippen LogP contribution is 2.15. The maximum absolute atomic E-state index is 12.1. The van der Waals surface area contributed by atoms with Crippen molar-refractivity contribution in [3.05, 3.63) is 70.8 Å². The van der Waals surface area contributed by atoms with Crippen LogP contribution in [-0.4, -0.2) is 11.9 Å². The SMILES string of the molecule is CCCCc1ccc(C(=O)OC(=O)c2ccccc2)cc1C. The lowest BCUT2D eigenvalue weighted by atomic mass is 10.0. The molecule has 0 radical (unpaired) electrons. The van der Waals surface area contributed by atoms with Gasteiger partial charge in [0.25, 0.3) is 0 Å². The molecule has 0 aromatic heterocycles. The van der Waals surface area contributed by atoms with Gasteiger partial charge in [-0.05, 0) is 55.2 Å². The fraction of sp³-hybridized carbons (Fsp3) is 0.263. The van der Waals surface area contributed by atoms with Crippen LogP contribution in [0.15, 0.2) is 48.5 Å². The summed E-state index contributed by atoms with van der Waals surface area (Å²) in [5.74, 6) is -1.24. The second-order valence-corrected chi connectivity index (χ2v) is 5.29. The summed E-state index contributed by atoms with van der Waals surface area (Å²) in [6.45, 7) is 4.12. The maximum Gasteiger partial charge on any atom is 0.346 e. The van der Waals surface area contributed by atoms with Crippen LogP contribution in [0, 0.1) is 6.92 Å². The lowest BCUT2D eigenvalue weighted by Gasteiger charge is -2.08. The molecule has 0 amide bonds. The molecule has 0 spiro atoms. The highest BCUT2D eigenvalue weighted by molar-refractivity contribution is 6.02. The molecule has 114 valence electrons. The van der Waals surface area contributed by atoms with Crippen LogP contribution in [0.2, 0.25) is 0 Å². The standard InChI is InChI=1S/C19H20O3/c1-3-4-8-15-11-12-17(13-14(15)2)19(21)22-18(20)16-9-6-5-7-10-16/h5-7,9-13H,3-4,8H2,1-2H3. The van der Waals surface area contributed by atoms with Gasteiger partial charge in [-0.25, -0.2) is 9.59 Å². The lowest BCUT2D eigenvalue weighted by Crippen LogP contribution is -2.13. The first-order chi connectivity index (χ1) is 10.6. The zero-order valence-corrected chi connectivity index (χ0v) is 13.0. The molecule has 0 aliphatic rings. The zero-order valence-electron chi connectivity index (χ0n) is 13.0. The molecule has 0 N–H and O–H groups in total. The molecule has 0 fully saturated rings. The Labute approximate surface area is 130 Å². The van der Waals surface area contributed by atoms with Gasteiger partial charge in [-0.15, -0.1) is 0 Å². The van der Waals surface area contributed by atoms with Crippen LogP contribution in [0.5, 0.6) is 0 Å². The van der Waals surface area contributed by atoms with E-state index in [0.717, 1.165) is 24.8 Å². The summed E-state index contributed by atoms with van der Waals surface area (Å²) >= 11 is 0. The number of ether oxygens (including phenoxy) is 1. The van der Waals surface area contributed by atoms with Crippen molar-refractivity contribution in [1.29, 1.82) is 0 Å². The molecule has 0 heterocycles. The molecule has 2 rings (SSSR count). The Morgan fingerprint density at radius 1 is 0.955 bits per heavy atom. The van der Waals surface area contributed by atoms with Crippen LogP contribution in [-0.2, 0) is 11.2 Å². The van der Waals surface area contributed by atoms with E-state index in [1.807, 2.05) is 13.0 Å². The van der Waals surface area contributed by atoms with Gasteiger partial charge < -0.3 is 4.74 Å². The molecule has 0 aliphatic carbocycles. The molecule has 22 heavy (non-hydrogen) atoms. The molecule has 2 aromatic carbocycles. The quantitative estimate of drug-likeness (QED) is 0.609. The monoisotopic (exact) mass is 296 g/mol. The van der Waals surface area contributed by atoms with Gasteiger partial charge in [-0.3, -0.25) is 0 Å². The summed E-state index contributed by atoms with van der Waals surface area (Å²) in [5.41, 5.74) is 3.05. The highest BCUT2D eigenvalue weighted by Gasteiger charge is 2.15. The van der Waals surface area contributed by atoms with Crippen molar-refractivity contribution >= 4 is 11.9 Å². The number of hydrogen-bond acceptors (Lipinski definition) is 3. The summed E-state index contributed by atoms with van der Waals surface area (Å²) in [5, 5.41) is 0. The summed E-state index contributed by atoms with van der Waals surface area (Å²) in [6.07, 6.45) is 3.26. The van der Waals surface area contributed by atoms with E-state index in [2.05, 4.69) is 6.92 Å². The van der Waals surface area contributed by atoms with Gasteiger partial charge in [0.2, 0.25) is 0 Å². The average Bonchev–Trinajstić information content (AvgIpc) is 2.54. The third-order valence-electron chi connectivity index (χ3n) is 3.57. The summed E-state index contributed by atoms with van der Waals surface area (Å²) in [4.78, 5) is 23.9. The second-order valence-electron chi connectivity index (χ2n) is 5.29. The molecule has 2 aromatic rings. The van der Waals surface area contributed by atoms with Crippen molar-refractivity contribution in [2.24, 2.45) is 0 Å². The molecule has 0 saturated heterocycles. The molecular weight excluding hydrogens is 276 g/mol. The number of esters is 2. The first-order valence-electron chi connectivity index (χ1n) is 7.53. The minimum Gasteiger partial charge on any atom is -0.386 e. The van der Waals surface area contributed by atoms with Gasteiger partial charge in [-0.2, -0.15) is 0 Å². The fourth-order valence-corrected chi connectivity index (χ4v) is 2.25. The minimum atomic E-state index is -0.627. The van der Waals surface area contributed by atoms with Gasteiger partial charge in [-0.1, -0.05) is 37.6 Å². The molecule has 0 atom stereocenters. The Hall–Kier alpha value is -2.42. The van der Waals surface area contributed by atoms with E-state index >= 15 is 0 Å². The van der Waals surface area contributed by atoms with Crippen molar-refractivity contribution in [1.82, 2.24) is 0 Å². The summed E-state index contributed by atoms with van der Waals surface area (Å²) in [6, 6.07) is 13.9. The number of hydrogen-bond donors (Lipinski definition) is 0. The van der Waals surface area contributed by atoms with E-state index in [1.54, 1.807) is 42.5 Å². The largest absolute Gasteiger partial charge is 0.386 e. The summed E-state index contributed by atoms with van der Waals surface area (Å²) < 4.78 is 4.92. The van der Waals surface area contributed by atoms with Gasteiger partial charge in [0, 0.05) is 0 Å². The highest BCUT2D eigenvalue weighted by atomic mass is 16.6. The number of carbonyl (C=O) groups excluding carboxylic acids is 2. The maximum atomic E-state index is 12.1. The Balaban J connectivity index is 2.07. The first-order valence-corrected chi connectivity index (χ1v) is 7.53. The number of unbranched alkanes of at least 4 members (excludes halogenated alkanes) is 1. The Morgan fingerprint density at radius 2 is 1.64 bits per heavy atom. The van der Waals surface area contributed by atoms with Crippen molar-refractivity contribution in [2.45, 2.75) is 33.1 Å². The van der Waals surface area contributed by atoms with Crippen molar-refractivity contribution in [3.8, 4) is 0 Å². The average molecular weight is 296 g/mol. The number of benzene rings is 2. The fourth-order valence-electron chi connectivity index (χ4n) is 2.25. The van der Waals surface area contributed by atoms with E-state index in [4.69, 9.17) is 4.74 Å². The first kappa shape index (κ1) is 16.0. The van der Waals surface area contributed by atoms with E-state index in [1.165, 1.54) is 5.56 Å². The molecule has 3 heteroatoms. The van der Waals surface area contributed by atoms with Crippen molar-refractivity contribution < 1.29 is 14.3 Å². The van der Waals surface area contributed by atoms with E-state index in [9.17, 15) is 9.59 Å². The smallest absolute Gasteiger partial charge is 0.346 e. The van der Waals surface area contributed by atoms with E-state index in [0.29, 0.717) is 11.1 Å².